The minimum Gasteiger partial charge on any atom is -0.445 e. The van der Waals surface area contributed by atoms with Gasteiger partial charge in [-0.1, -0.05) is 60.7 Å². The molecule has 7 heteroatoms. The second-order valence-electron chi connectivity index (χ2n) is 9.58. The third kappa shape index (κ3) is 7.16. The molecule has 3 unspecified atom stereocenters. The highest BCUT2D eigenvalue weighted by Crippen LogP contribution is 2.42. The van der Waals surface area contributed by atoms with Crippen LogP contribution in [0.15, 0.2) is 60.7 Å². The van der Waals surface area contributed by atoms with E-state index in [0.717, 1.165) is 11.1 Å². The number of thiol groups is 1. The summed E-state index contributed by atoms with van der Waals surface area (Å²) in [5.41, 5.74) is 0.865. The first kappa shape index (κ1) is 25.0. The van der Waals surface area contributed by atoms with Gasteiger partial charge in [-0.25, -0.2) is 9.59 Å². The SMILES string of the molecule is CC(C)(C)OC(=O)NC1CCC(CS)(NC(=O)OCc2ccccc2)C(c2ccccc2)C1. The van der Waals surface area contributed by atoms with Crippen molar-refractivity contribution >= 4 is 24.8 Å². The van der Waals surface area contributed by atoms with E-state index in [1.54, 1.807) is 0 Å². The summed E-state index contributed by atoms with van der Waals surface area (Å²) in [6.45, 7) is 5.74. The predicted molar refractivity (Wildman–Crippen MR) is 133 cm³/mol. The Morgan fingerprint density at radius 2 is 1.67 bits per heavy atom. The molecule has 3 rings (SSSR count). The van der Waals surface area contributed by atoms with Gasteiger partial charge >= 0.3 is 12.2 Å². The monoisotopic (exact) mass is 470 g/mol. The Bertz CT molecular complexity index is 917. The minimum atomic E-state index is -0.593. The van der Waals surface area contributed by atoms with Crippen LogP contribution in [0.3, 0.4) is 0 Å². The molecule has 2 aromatic rings. The van der Waals surface area contributed by atoms with Crippen LogP contribution in [0.2, 0.25) is 0 Å². The van der Waals surface area contributed by atoms with E-state index in [1.165, 1.54) is 0 Å². The van der Waals surface area contributed by atoms with Crippen molar-refractivity contribution < 1.29 is 19.1 Å². The minimum absolute atomic E-state index is 0.0471. The van der Waals surface area contributed by atoms with Crippen molar-refractivity contribution in [3.8, 4) is 0 Å². The quantitative estimate of drug-likeness (QED) is 0.491. The molecule has 178 valence electrons. The van der Waals surface area contributed by atoms with Crippen molar-refractivity contribution in [2.75, 3.05) is 5.75 Å². The van der Waals surface area contributed by atoms with Gasteiger partial charge in [0, 0.05) is 17.7 Å². The van der Waals surface area contributed by atoms with Crippen LogP contribution in [-0.4, -0.2) is 35.1 Å². The van der Waals surface area contributed by atoms with Crippen molar-refractivity contribution in [2.24, 2.45) is 0 Å². The first-order valence-electron chi connectivity index (χ1n) is 11.3. The number of amides is 2. The molecule has 0 saturated heterocycles. The van der Waals surface area contributed by atoms with Gasteiger partial charge in [-0.05, 0) is 51.2 Å². The van der Waals surface area contributed by atoms with E-state index >= 15 is 0 Å². The van der Waals surface area contributed by atoms with E-state index < -0.39 is 23.3 Å². The molecule has 0 aromatic heterocycles. The van der Waals surface area contributed by atoms with Gasteiger partial charge in [-0.3, -0.25) is 0 Å². The standard InChI is InChI=1S/C26H34N2O4S/c1-25(2,3)32-23(29)27-21-14-15-26(18-33,22(16-21)20-12-8-5-9-13-20)28-24(30)31-17-19-10-6-4-7-11-19/h4-13,21-22,33H,14-18H2,1-3H3,(H,27,29)(H,28,30). The van der Waals surface area contributed by atoms with Crippen molar-refractivity contribution in [3.05, 3.63) is 71.8 Å². The van der Waals surface area contributed by atoms with Crippen LogP contribution in [0.4, 0.5) is 9.59 Å². The van der Waals surface area contributed by atoms with E-state index in [4.69, 9.17) is 9.47 Å². The van der Waals surface area contributed by atoms with E-state index in [1.807, 2.05) is 69.3 Å². The Morgan fingerprint density at radius 3 is 2.27 bits per heavy atom. The Kier molecular flexibility index (Phi) is 8.30. The van der Waals surface area contributed by atoms with Crippen LogP contribution in [0, 0.1) is 0 Å². The van der Waals surface area contributed by atoms with Gasteiger partial charge in [0.1, 0.15) is 12.2 Å². The van der Waals surface area contributed by atoms with Gasteiger partial charge in [-0.2, -0.15) is 12.6 Å². The van der Waals surface area contributed by atoms with E-state index in [-0.39, 0.29) is 18.6 Å². The summed E-state index contributed by atoms with van der Waals surface area (Å²) in [5, 5.41) is 6.14. The Hall–Kier alpha value is -2.67. The number of benzene rings is 2. The summed E-state index contributed by atoms with van der Waals surface area (Å²) in [5.74, 6) is 0.403. The topological polar surface area (TPSA) is 76.7 Å². The third-order valence-corrected chi connectivity index (χ3v) is 6.46. The molecule has 0 heterocycles. The summed E-state index contributed by atoms with van der Waals surface area (Å²) in [4.78, 5) is 25.1. The van der Waals surface area contributed by atoms with Crippen molar-refractivity contribution in [3.63, 3.8) is 0 Å². The van der Waals surface area contributed by atoms with Gasteiger partial charge in [0.2, 0.25) is 0 Å². The molecule has 6 nitrogen and oxygen atoms in total. The largest absolute Gasteiger partial charge is 0.445 e. The van der Waals surface area contributed by atoms with Gasteiger partial charge in [0.25, 0.3) is 0 Å². The number of rotatable bonds is 6. The maximum Gasteiger partial charge on any atom is 0.407 e. The number of ether oxygens (including phenoxy) is 2. The number of hydrogen-bond acceptors (Lipinski definition) is 5. The van der Waals surface area contributed by atoms with Gasteiger partial charge < -0.3 is 20.1 Å². The lowest BCUT2D eigenvalue weighted by Crippen LogP contribution is -2.59. The molecule has 0 bridgehead atoms. The van der Waals surface area contributed by atoms with Crippen LogP contribution < -0.4 is 10.6 Å². The first-order valence-corrected chi connectivity index (χ1v) is 12.0. The normalized spacial score (nSPS) is 22.8. The second kappa shape index (κ2) is 11.0. The molecule has 1 aliphatic rings. The lowest BCUT2D eigenvalue weighted by Gasteiger charge is -2.46. The zero-order chi connectivity index (χ0) is 23.9. The molecular formula is C26H34N2O4S. The average molecular weight is 471 g/mol. The molecule has 2 aromatic carbocycles. The Morgan fingerprint density at radius 1 is 1.03 bits per heavy atom. The van der Waals surface area contributed by atoms with Crippen LogP contribution in [-0.2, 0) is 16.1 Å². The molecule has 1 aliphatic carbocycles. The maximum absolute atomic E-state index is 12.8. The highest BCUT2D eigenvalue weighted by Gasteiger charge is 2.45. The lowest BCUT2D eigenvalue weighted by atomic mass is 9.69. The van der Waals surface area contributed by atoms with E-state index in [0.29, 0.717) is 25.0 Å². The maximum atomic E-state index is 12.8. The van der Waals surface area contributed by atoms with Gasteiger partial charge in [-0.15, -0.1) is 0 Å². The number of nitrogens with one attached hydrogen (secondary N) is 2. The molecule has 0 spiro atoms. The third-order valence-electron chi connectivity index (χ3n) is 5.89. The summed E-state index contributed by atoms with van der Waals surface area (Å²) >= 11 is 4.64. The highest BCUT2D eigenvalue weighted by molar-refractivity contribution is 7.80. The van der Waals surface area contributed by atoms with Gasteiger partial charge in [0.15, 0.2) is 0 Å². The van der Waals surface area contributed by atoms with Crippen molar-refractivity contribution in [1.29, 1.82) is 0 Å². The molecule has 0 radical (unpaired) electrons. The zero-order valence-corrected chi connectivity index (χ0v) is 20.4. The fourth-order valence-corrected chi connectivity index (χ4v) is 4.78. The summed E-state index contributed by atoms with van der Waals surface area (Å²) < 4.78 is 11.0. The Balaban J connectivity index is 1.73. The van der Waals surface area contributed by atoms with E-state index in [9.17, 15) is 9.59 Å². The number of hydrogen-bond donors (Lipinski definition) is 3. The smallest absolute Gasteiger partial charge is 0.407 e. The molecule has 0 aliphatic heterocycles. The number of carbonyl (C=O) groups is 2. The zero-order valence-electron chi connectivity index (χ0n) is 19.5. The lowest BCUT2D eigenvalue weighted by molar-refractivity contribution is 0.0469. The first-order chi connectivity index (χ1) is 15.7. The summed E-state index contributed by atoms with van der Waals surface area (Å²) in [6, 6.07) is 19.6. The molecule has 2 amide bonds. The summed E-state index contributed by atoms with van der Waals surface area (Å²) in [7, 11) is 0. The fraction of sp³-hybridized carbons (Fsp3) is 0.462. The molecule has 2 N–H and O–H groups in total. The molecule has 33 heavy (non-hydrogen) atoms. The Labute approximate surface area is 201 Å². The fourth-order valence-electron chi connectivity index (χ4n) is 4.32. The summed E-state index contributed by atoms with van der Waals surface area (Å²) in [6.07, 6.45) is 1.11. The van der Waals surface area contributed by atoms with Crippen LogP contribution in [0.1, 0.15) is 57.1 Å². The number of alkyl carbamates (subject to hydrolysis) is 2. The van der Waals surface area contributed by atoms with Crippen molar-refractivity contribution in [2.45, 2.75) is 69.7 Å². The number of carbonyl (C=O) groups excluding carboxylic acids is 2. The average Bonchev–Trinajstić information content (AvgIpc) is 2.79. The molecule has 3 atom stereocenters. The van der Waals surface area contributed by atoms with Gasteiger partial charge in [0.05, 0.1) is 5.54 Å². The van der Waals surface area contributed by atoms with E-state index in [2.05, 4.69) is 35.4 Å². The molecule has 1 saturated carbocycles. The highest BCUT2D eigenvalue weighted by atomic mass is 32.1. The van der Waals surface area contributed by atoms with Crippen molar-refractivity contribution in [1.82, 2.24) is 10.6 Å². The van der Waals surface area contributed by atoms with Crippen LogP contribution in [0.5, 0.6) is 0 Å². The predicted octanol–water partition coefficient (Wildman–Crippen LogP) is 5.44. The van der Waals surface area contributed by atoms with Crippen LogP contribution in [0.25, 0.3) is 0 Å². The second-order valence-corrected chi connectivity index (χ2v) is 9.90. The molecular weight excluding hydrogens is 436 g/mol. The van der Waals surface area contributed by atoms with Crippen LogP contribution >= 0.6 is 12.6 Å². The molecule has 1 fully saturated rings.